The molecule has 2 unspecified atom stereocenters. The van der Waals surface area contributed by atoms with Gasteiger partial charge in [0.15, 0.2) is 0 Å². The summed E-state index contributed by atoms with van der Waals surface area (Å²) in [6, 6.07) is 12.7. The fourth-order valence-corrected chi connectivity index (χ4v) is 4.15. The highest BCUT2D eigenvalue weighted by atomic mass is 32.2. The van der Waals surface area contributed by atoms with E-state index in [1.807, 2.05) is 37.3 Å². The number of nitrogens with zero attached hydrogens (tertiary/aromatic N) is 3. The lowest BCUT2D eigenvalue weighted by Crippen LogP contribution is -2.49. The summed E-state index contributed by atoms with van der Waals surface area (Å²) in [5.74, 6) is -0.249. The van der Waals surface area contributed by atoms with Crippen molar-refractivity contribution in [2.24, 2.45) is 0 Å². The molecule has 1 amide bonds. The Bertz CT molecular complexity index is 874. The van der Waals surface area contributed by atoms with Crippen LogP contribution in [0.1, 0.15) is 18.6 Å². The lowest BCUT2D eigenvalue weighted by molar-refractivity contribution is -0.144. The number of amides is 1. The largest absolute Gasteiger partial charge is 0.367 e. The number of rotatable bonds is 5. The molecule has 0 saturated carbocycles. The Morgan fingerprint density at radius 3 is 2.63 bits per heavy atom. The summed E-state index contributed by atoms with van der Waals surface area (Å²) in [6.07, 6.45) is 2.42. The first-order chi connectivity index (χ1) is 12.9. The van der Waals surface area contributed by atoms with E-state index in [0.717, 1.165) is 9.87 Å². The van der Waals surface area contributed by atoms with Gasteiger partial charge in [0.1, 0.15) is 11.0 Å². The van der Waals surface area contributed by atoms with E-state index < -0.39 is 10.0 Å². The number of aromatic nitrogens is 1. The number of sulfonamides is 1. The molecule has 8 heteroatoms. The topological polar surface area (TPSA) is 79.8 Å². The van der Waals surface area contributed by atoms with E-state index in [9.17, 15) is 13.2 Å². The smallest absolute Gasteiger partial charge is 0.244 e. The van der Waals surface area contributed by atoms with E-state index in [2.05, 4.69) is 4.98 Å². The Hall–Kier alpha value is -2.29. The number of morpholine rings is 1. The first-order valence-electron chi connectivity index (χ1n) is 8.72. The first-order valence-corrected chi connectivity index (χ1v) is 10.2. The fourth-order valence-electron chi connectivity index (χ4n) is 3.06. The monoisotopic (exact) mass is 389 g/mol. The predicted molar refractivity (Wildman–Crippen MR) is 100 cm³/mol. The number of pyridine rings is 1. The third-order valence-corrected chi connectivity index (χ3v) is 6.27. The molecule has 2 atom stereocenters. The summed E-state index contributed by atoms with van der Waals surface area (Å²) in [7, 11) is -2.36. The number of benzene rings is 1. The minimum Gasteiger partial charge on any atom is -0.367 e. The molecule has 1 aromatic carbocycles. The summed E-state index contributed by atoms with van der Waals surface area (Å²) in [5, 5.41) is 0. The van der Waals surface area contributed by atoms with Gasteiger partial charge in [-0.15, -0.1) is 0 Å². The normalized spacial score (nSPS) is 20.6. The molecule has 2 heterocycles. The Balaban J connectivity index is 1.70. The van der Waals surface area contributed by atoms with Crippen molar-refractivity contribution in [3.8, 4) is 0 Å². The summed E-state index contributed by atoms with van der Waals surface area (Å²) >= 11 is 0. The minimum atomic E-state index is -3.76. The summed E-state index contributed by atoms with van der Waals surface area (Å²) in [4.78, 5) is 18.3. The number of likely N-dealkylation sites (N-methyl/N-ethyl adjacent to an activating group) is 1. The molecule has 1 aromatic heterocycles. The van der Waals surface area contributed by atoms with E-state index >= 15 is 0 Å². The molecule has 0 N–H and O–H groups in total. The maximum absolute atomic E-state index is 12.8. The zero-order valence-electron chi connectivity index (χ0n) is 15.4. The highest BCUT2D eigenvalue weighted by Gasteiger charge is 2.31. The number of carbonyl (C=O) groups excluding carboxylic acids is 1. The van der Waals surface area contributed by atoms with Crippen LogP contribution in [0.2, 0.25) is 0 Å². The lowest BCUT2D eigenvalue weighted by Gasteiger charge is -2.37. The van der Waals surface area contributed by atoms with E-state index in [-0.39, 0.29) is 29.6 Å². The van der Waals surface area contributed by atoms with Gasteiger partial charge >= 0.3 is 0 Å². The van der Waals surface area contributed by atoms with Gasteiger partial charge in [0.25, 0.3) is 0 Å². The quantitative estimate of drug-likeness (QED) is 0.778. The van der Waals surface area contributed by atoms with E-state index in [1.54, 1.807) is 11.0 Å². The molecular weight excluding hydrogens is 366 g/mol. The van der Waals surface area contributed by atoms with E-state index in [0.29, 0.717) is 13.1 Å². The molecule has 0 spiro atoms. The Morgan fingerprint density at radius 1 is 1.22 bits per heavy atom. The third-order valence-electron chi connectivity index (χ3n) is 4.48. The van der Waals surface area contributed by atoms with Crippen LogP contribution in [0.3, 0.4) is 0 Å². The van der Waals surface area contributed by atoms with Crippen LogP contribution < -0.4 is 0 Å². The average Bonchev–Trinajstić information content (AvgIpc) is 2.68. The van der Waals surface area contributed by atoms with Gasteiger partial charge in [-0.1, -0.05) is 30.3 Å². The Labute approximate surface area is 159 Å². The minimum absolute atomic E-state index is 0.0674. The van der Waals surface area contributed by atoms with Crippen molar-refractivity contribution in [2.45, 2.75) is 24.0 Å². The van der Waals surface area contributed by atoms with Crippen molar-refractivity contribution in [3.63, 3.8) is 0 Å². The second kappa shape index (κ2) is 8.16. The zero-order valence-corrected chi connectivity index (χ0v) is 16.2. The van der Waals surface area contributed by atoms with E-state index in [4.69, 9.17) is 4.74 Å². The summed E-state index contributed by atoms with van der Waals surface area (Å²) < 4.78 is 32.2. The number of hydrogen-bond acceptors (Lipinski definition) is 5. The summed E-state index contributed by atoms with van der Waals surface area (Å²) in [6.45, 7) is 2.51. The molecule has 2 aromatic rings. The van der Waals surface area contributed by atoms with Crippen molar-refractivity contribution in [3.05, 3.63) is 60.4 Å². The van der Waals surface area contributed by atoms with Crippen molar-refractivity contribution in [2.75, 3.05) is 26.7 Å². The van der Waals surface area contributed by atoms with Gasteiger partial charge in [-0.3, -0.25) is 9.78 Å². The van der Waals surface area contributed by atoms with Crippen LogP contribution in [0.15, 0.2) is 59.8 Å². The summed E-state index contributed by atoms with van der Waals surface area (Å²) in [5.41, 5.74) is 0.998. The number of carbonyl (C=O) groups is 1. The van der Waals surface area contributed by atoms with Gasteiger partial charge in [0, 0.05) is 26.0 Å². The maximum atomic E-state index is 12.8. The number of hydrogen-bond donors (Lipinski definition) is 0. The van der Waals surface area contributed by atoms with Crippen molar-refractivity contribution < 1.29 is 17.9 Å². The molecule has 7 nitrogen and oxygen atoms in total. The van der Waals surface area contributed by atoms with Crippen molar-refractivity contribution >= 4 is 15.9 Å². The van der Waals surface area contributed by atoms with Crippen LogP contribution in [0.4, 0.5) is 0 Å². The zero-order chi connectivity index (χ0) is 19.4. The molecular formula is C19H23N3O4S. The van der Waals surface area contributed by atoms with Gasteiger partial charge < -0.3 is 9.64 Å². The standard InChI is InChI=1S/C19H23N3O4S/c1-15-12-22(13-18(26-15)16-7-4-3-5-8-16)19(23)14-21(2)27(24,25)17-9-6-10-20-11-17/h3-11,15,18H,12-14H2,1-2H3. The van der Waals surface area contributed by atoms with Gasteiger partial charge in [0.2, 0.25) is 15.9 Å². The van der Waals surface area contributed by atoms with Crippen LogP contribution in [-0.2, 0) is 19.6 Å². The first kappa shape index (κ1) is 19.5. The SMILES string of the molecule is CC1CN(C(=O)CN(C)S(=O)(=O)c2cccnc2)CC(c2ccccc2)O1. The van der Waals surface area contributed by atoms with E-state index in [1.165, 1.54) is 25.5 Å². The van der Waals surface area contributed by atoms with Crippen LogP contribution in [0, 0.1) is 0 Å². The Kier molecular flexibility index (Phi) is 5.88. The molecule has 0 bridgehead atoms. The van der Waals surface area contributed by atoms with Gasteiger partial charge in [-0.2, -0.15) is 4.31 Å². The lowest BCUT2D eigenvalue weighted by atomic mass is 10.1. The highest BCUT2D eigenvalue weighted by Crippen LogP contribution is 2.25. The van der Waals surface area contributed by atoms with Gasteiger partial charge in [-0.25, -0.2) is 8.42 Å². The molecule has 0 aliphatic carbocycles. The second-order valence-corrected chi connectivity index (χ2v) is 8.64. The fraction of sp³-hybridized carbons (Fsp3) is 0.368. The predicted octanol–water partition coefficient (Wildman–Crippen LogP) is 1.69. The molecule has 3 rings (SSSR count). The van der Waals surface area contributed by atoms with Crippen molar-refractivity contribution in [1.29, 1.82) is 0 Å². The maximum Gasteiger partial charge on any atom is 0.244 e. The molecule has 27 heavy (non-hydrogen) atoms. The van der Waals surface area contributed by atoms with Crippen molar-refractivity contribution in [1.82, 2.24) is 14.2 Å². The van der Waals surface area contributed by atoms with Crippen LogP contribution in [0.25, 0.3) is 0 Å². The highest BCUT2D eigenvalue weighted by molar-refractivity contribution is 7.89. The second-order valence-electron chi connectivity index (χ2n) is 6.59. The number of ether oxygens (including phenoxy) is 1. The van der Waals surface area contributed by atoms with Crippen LogP contribution in [0.5, 0.6) is 0 Å². The molecule has 144 valence electrons. The molecule has 1 fully saturated rings. The molecule has 1 aliphatic rings. The van der Waals surface area contributed by atoms with Gasteiger partial charge in [-0.05, 0) is 24.6 Å². The van der Waals surface area contributed by atoms with Crippen LogP contribution in [-0.4, -0.2) is 61.3 Å². The average molecular weight is 389 g/mol. The molecule has 1 saturated heterocycles. The third kappa shape index (κ3) is 4.52. The molecule has 1 aliphatic heterocycles. The van der Waals surface area contributed by atoms with Crippen LogP contribution >= 0.6 is 0 Å². The molecule has 0 radical (unpaired) electrons. The Morgan fingerprint density at radius 2 is 1.96 bits per heavy atom. The van der Waals surface area contributed by atoms with Gasteiger partial charge in [0.05, 0.1) is 19.2 Å².